The number of hydrogen-bond acceptors (Lipinski definition) is 4. The first-order valence-corrected chi connectivity index (χ1v) is 11.9. The number of rotatable bonds is 5. The summed E-state index contributed by atoms with van der Waals surface area (Å²) in [6.45, 7) is 6.87. The van der Waals surface area contributed by atoms with Gasteiger partial charge in [-0.2, -0.15) is 0 Å². The predicted octanol–water partition coefficient (Wildman–Crippen LogP) is 3.86. The lowest BCUT2D eigenvalue weighted by Gasteiger charge is -2.19. The van der Waals surface area contributed by atoms with Gasteiger partial charge in [0.2, 0.25) is 10.0 Å². The van der Waals surface area contributed by atoms with Crippen molar-refractivity contribution in [2.24, 2.45) is 0 Å². The Kier molecular flexibility index (Phi) is 5.74. The second-order valence-electron chi connectivity index (χ2n) is 6.28. The second-order valence-corrected chi connectivity index (χ2v) is 10.5. The molecule has 0 aliphatic carbocycles. The molecule has 0 fully saturated rings. The first-order chi connectivity index (χ1) is 11.8. The molecule has 0 aliphatic rings. The van der Waals surface area contributed by atoms with E-state index < -0.39 is 20.0 Å². The molecule has 2 aromatic rings. The van der Waals surface area contributed by atoms with E-state index in [0.717, 1.165) is 16.3 Å². The molecule has 0 aliphatic heterocycles. The summed E-state index contributed by atoms with van der Waals surface area (Å²) < 4.78 is 55.1. The normalized spacial score (nSPS) is 12.1. The van der Waals surface area contributed by atoms with Crippen molar-refractivity contribution in [1.82, 2.24) is 0 Å². The predicted molar refractivity (Wildman–Crippen MR) is 109 cm³/mol. The van der Waals surface area contributed by atoms with Crippen LogP contribution in [0.4, 0.5) is 11.4 Å². The van der Waals surface area contributed by atoms with E-state index in [1.165, 1.54) is 0 Å². The van der Waals surface area contributed by atoms with Crippen LogP contribution in [0.1, 0.15) is 22.3 Å². The van der Waals surface area contributed by atoms with Crippen molar-refractivity contribution in [2.45, 2.75) is 32.6 Å². The highest BCUT2D eigenvalue weighted by atomic mass is 79.9. The zero-order valence-electron chi connectivity index (χ0n) is 15.1. The molecule has 0 saturated carbocycles. The molecule has 0 unspecified atom stereocenters. The van der Waals surface area contributed by atoms with Crippen molar-refractivity contribution < 1.29 is 16.8 Å². The number of benzene rings is 2. The molecule has 2 aromatic carbocycles. The molecule has 0 aromatic heterocycles. The maximum absolute atomic E-state index is 13.0. The maximum atomic E-state index is 13.0. The Morgan fingerprint density at radius 2 is 1.46 bits per heavy atom. The highest BCUT2D eigenvalue weighted by Gasteiger charge is 2.24. The zero-order valence-corrected chi connectivity index (χ0v) is 18.4. The highest BCUT2D eigenvalue weighted by Crippen LogP contribution is 2.32. The van der Waals surface area contributed by atoms with E-state index in [4.69, 9.17) is 0 Å². The Morgan fingerprint density at radius 3 is 2.00 bits per heavy atom. The maximum Gasteiger partial charge on any atom is 0.262 e. The lowest BCUT2D eigenvalue weighted by atomic mass is 10.1. The average Bonchev–Trinajstić information content (AvgIpc) is 2.45. The molecule has 142 valence electrons. The van der Waals surface area contributed by atoms with Crippen molar-refractivity contribution in [3.05, 3.63) is 51.0 Å². The SMILES string of the molecule is Cc1cc(NS(=O)(=O)c2c(C)cc(C)c(NS(C)(=O)=O)c2C)ccc1Br. The van der Waals surface area contributed by atoms with Crippen LogP contribution >= 0.6 is 15.9 Å². The topological polar surface area (TPSA) is 92.3 Å². The van der Waals surface area contributed by atoms with Crippen LogP contribution in [0.15, 0.2) is 33.6 Å². The van der Waals surface area contributed by atoms with Crippen LogP contribution in [0.25, 0.3) is 0 Å². The molecule has 0 amide bonds. The molecule has 0 bridgehead atoms. The van der Waals surface area contributed by atoms with Crippen LogP contribution in [0.3, 0.4) is 0 Å². The van der Waals surface area contributed by atoms with Crippen molar-refractivity contribution in [3.8, 4) is 0 Å². The van der Waals surface area contributed by atoms with E-state index in [-0.39, 0.29) is 10.6 Å². The molecule has 9 heteroatoms. The summed E-state index contributed by atoms with van der Waals surface area (Å²) >= 11 is 3.38. The lowest BCUT2D eigenvalue weighted by Crippen LogP contribution is -2.19. The second kappa shape index (κ2) is 7.21. The van der Waals surface area contributed by atoms with Crippen LogP contribution in [0.2, 0.25) is 0 Å². The number of sulfonamides is 2. The molecule has 0 atom stereocenters. The summed E-state index contributed by atoms with van der Waals surface area (Å²) in [5, 5.41) is 0. The molecule has 2 N–H and O–H groups in total. The third-order valence-electron chi connectivity index (χ3n) is 3.87. The monoisotopic (exact) mass is 460 g/mol. The quantitative estimate of drug-likeness (QED) is 0.708. The van der Waals surface area contributed by atoms with E-state index in [1.54, 1.807) is 45.0 Å². The Hall–Kier alpha value is -1.58. The Balaban J connectivity index is 2.58. The van der Waals surface area contributed by atoms with E-state index >= 15 is 0 Å². The van der Waals surface area contributed by atoms with Crippen LogP contribution in [0.5, 0.6) is 0 Å². The number of nitrogens with one attached hydrogen (secondary N) is 2. The van der Waals surface area contributed by atoms with Gasteiger partial charge >= 0.3 is 0 Å². The highest BCUT2D eigenvalue weighted by molar-refractivity contribution is 9.10. The summed E-state index contributed by atoms with van der Waals surface area (Å²) in [6, 6.07) is 6.79. The van der Waals surface area contributed by atoms with Crippen molar-refractivity contribution in [2.75, 3.05) is 15.7 Å². The van der Waals surface area contributed by atoms with Crippen LogP contribution in [-0.4, -0.2) is 23.1 Å². The van der Waals surface area contributed by atoms with Gasteiger partial charge in [-0.15, -0.1) is 0 Å². The summed E-state index contributed by atoms with van der Waals surface area (Å²) in [5.74, 6) is 0. The Labute approximate surface area is 163 Å². The zero-order chi connectivity index (χ0) is 19.9. The van der Waals surface area contributed by atoms with Crippen LogP contribution < -0.4 is 9.44 Å². The van der Waals surface area contributed by atoms with Gasteiger partial charge in [0.05, 0.1) is 16.8 Å². The van der Waals surface area contributed by atoms with Gasteiger partial charge in [-0.05, 0) is 68.1 Å². The van der Waals surface area contributed by atoms with Gasteiger partial charge in [0.15, 0.2) is 0 Å². The number of hydrogen-bond donors (Lipinski definition) is 2. The van der Waals surface area contributed by atoms with Crippen LogP contribution in [0, 0.1) is 27.7 Å². The molecule has 26 heavy (non-hydrogen) atoms. The summed E-state index contributed by atoms with van der Waals surface area (Å²) in [4.78, 5) is 0.0646. The van der Waals surface area contributed by atoms with Crippen LogP contribution in [-0.2, 0) is 20.0 Å². The molecule has 2 rings (SSSR count). The minimum Gasteiger partial charge on any atom is -0.283 e. The van der Waals surface area contributed by atoms with Gasteiger partial charge in [0.25, 0.3) is 10.0 Å². The first-order valence-electron chi connectivity index (χ1n) is 7.69. The van der Waals surface area contributed by atoms with Gasteiger partial charge in [-0.25, -0.2) is 16.8 Å². The molecule has 0 radical (unpaired) electrons. The number of halogens is 1. The Morgan fingerprint density at radius 1 is 0.846 bits per heavy atom. The smallest absolute Gasteiger partial charge is 0.262 e. The fourth-order valence-corrected chi connectivity index (χ4v) is 5.30. The van der Waals surface area contributed by atoms with E-state index in [0.29, 0.717) is 22.4 Å². The fraction of sp³-hybridized carbons (Fsp3) is 0.294. The molecule has 0 heterocycles. The van der Waals surface area contributed by atoms with E-state index in [1.807, 2.05) is 6.92 Å². The minimum absolute atomic E-state index is 0.0646. The van der Waals surface area contributed by atoms with Crippen molar-refractivity contribution >= 4 is 47.4 Å². The first kappa shape index (κ1) is 20.7. The molecule has 0 saturated heterocycles. The molecule has 6 nitrogen and oxygen atoms in total. The summed E-state index contributed by atoms with van der Waals surface area (Å²) in [6.07, 6.45) is 1.03. The fourth-order valence-electron chi connectivity index (χ4n) is 2.84. The molecule has 0 spiro atoms. The summed E-state index contributed by atoms with van der Waals surface area (Å²) in [5.41, 5.74) is 3.16. The van der Waals surface area contributed by atoms with Crippen molar-refractivity contribution in [3.63, 3.8) is 0 Å². The van der Waals surface area contributed by atoms with E-state index in [9.17, 15) is 16.8 Å². The third-order valence-corrected chi connectivity index (χ3v) is 7.00. The molecular weight excluding hydrogens is 440 g/mol. The largest absolute Gasteiger partial charge is 0.283 e. The van der Waals surface area contributed by atoms with Gasteiger partial charge < -0.3 is 0 Å². The minimum atomic E-state index is -3.90. The number of anilines is 2. The summed E-state index contributed by atoms with van der Waals surface area (Å²) in [7, 11) is -7.44. The number of aryl methyl sites for hydroxylation is 3. The van der Waals surface area contributed by atoms with Gasteiger partial charge in [-0.1, -0.05) is 22.0 Å². The van der Waals surface area contributed by atoms with E-state index in [2.05, 4.69) is 25.4 Å². The van der Waals surface area contributed by atoms with Gasteiger partial charge in [0, 0.05) is 10.2 Å². The van der Waals surface area contributed by atoms with Gasteiger partial charge in [-0.3, -0.25) is 9.44 Å². The average molecular weight is 461 g/mol. The van der Waals surface area contributed by atoms with Crippen molar-refractivity contribution in [1.29, 1.82) is 0 Å². The van der Waals surface area contributed by atoms with Gasteiger partial charge in [0.1, 0.15) is 0 Å². The molecular formula is C17H21BrN2O4S2. The third kappa shape index (κ3) is 4.57. The standard InChI is InChI=1S/C17H21BrN2O4S2/c1-10-9-14(6-7-15(10)18)19-26(23,24)17-12(3)8-11(2)16(13(17)4)20-25(5,21)22/h6-9,19-20H,1-5H3. The lowest BCUT2D eigenvalue weighted by molar-refractivity contribution is 0.599. The Bertz CT molecular complexity index is 1080.